The molecule has 0 atom stereocenters. The standard InChI is InChI=1S/C17H12Cl2N2O3S/c1-10-8-13(19)6-7-14(10)23-15(22)9-25-17-21-20-16(24-17)11-2-4-12(18)5-3-11/h2-8H,9H2,1H3. The molecule has 2 aromatic carbocycles. The van der Waals surface area contributed by atoms with Crippen molar-refractivity contribution in [1.82, 2.24) is 10.2 Å². The molecule has 128 valence electrons. The van der Waals surface area contributed by atoms with Gasteiger partial charge >= 0.3 is 5.97 Å². The van der Waals surface area contributed by atoms with Gasteiger partial charge in [-0.2, -0.15) is 0 Å². The fourth-order valence-corrected chi connectivity index (χ4v) is 2.87. The van der Waals surface area contributed by atoms with Crippen molar-refractivity contribution in [3.8, 4) is 17.2 Å². The molecule has 0 radical (unpaired) electrons. The van der Waals surface area contributed by atoms with Gasteiger partial charge in [0.1, 0.15) is 11.5 Å². The largest absolute Gasteiger partial charge is 0.426 e. The third-order valence-corrected chi connectivity index (χ3v) is 4.45. The van der Waals surface area contributed by atoms with E-state index in [4.69, 9.17) is 32.4 Å². The van der Waals surface area contributed by atoms with E-state index < -0.39 is 5.97 Å². The Balaban J connectivity index is 1.58. The first-order valence-electron chi connectivity index (χ1n) is 7.20. The summed E-state index contributed by atoms with van der Waals surface area (Å²) in [6.45, 7) is 1.82. The second-order valence-electron chi connectivity index (χ2n) is 5.05. The number of thioether (sulfide) groups is 1. The van der Waals surface area contributed by atoms with Gasteiger partial charge < -0.3 is 9.15 Å². The topological polar surface area (TPSA) is 65.2 Å². The monoisotopic (exact) mass is 394 g/mol. The normalized spacial score (nSPS) is 10.7. The number of esters is 1. The average Bonchev–Trinajstić information content (AvgIpc) is 3.05. The van der Waals surface area contributed by atoms with Crippen molar-refractivity contribution in [2.24, 2.45) is 0 Å². The number of hydrogen-bond acceptors (Lipinski definition) is 6. The van der Waals surface area contributed by atoms with Crippen molar-refractivity contribution in [3.05, 3.63) is 58.1 Å². The predicted octanol–water partition coefficient (Wildman–Crippen LogP) is 5.05. The van der Waals surface area contributed by atoms with Gasteiger partial charge in [0, 0.05) is 15.6 Å². The Hall–Kier alpha value is -2.02. The molecule has 0 amide bonds. The van der Waals surface area contributed by atoms with Gasteiger partial charge in [-0.25, -0.2) is 0 Å². The Bertz CT molecular complexity index is 897. The molecule has 0 aliphatic rings. The van der Waals surface area contributed by atoms with E-state index in [1.54, 1.807) is 42.5 Å². The summed E-state index contributed by atoms with van der Waals surface area (Å²) >= 11 is 12.8. The number of carbonyl (C=O) groups excluding carboxylic acids is 1. The summed E-state index contributed by atoms with van der Waals surface area (Å²) in [7, 11) is 0. The van der Waals surface area contributed by atoms with Crippen LogP contribution in [0.5, 0.6) is 5.75 Å². The van der Waals surface area contributed by atoms with Gasteiger partial charge in [0.15, 0.2) is 0 Å². The first-order valence-corrected chi connectivity index (χ1v) is 8.94. The lowest BCUT2D eigenvalue weighted by Gasteiger charge is -2.06. The lowest BCUT2D eigenvalue weighted by molar-refractivity contribution is -0.131. The molecule has 25 heavy (non-hydrogen) atoms. The van der Waals surface area contributed by atoms with Crippen LogP contribution in [0.4, 0.5) is 0 Å². The molecule has 0 bridgehead atoms. The second kappa shape index (κ2) is 7.91. The highest BCUT2D eigenvalue weighted by atomic mass is 35.5. The average molecular weight is 395 g/mol. The Morgan fingerprint density at radius 3 is 2.56 bits per heavy atom. The third kappa shape index (κ3) is 4.75. The molecule has 1 heterocycles. The number of aryl methyl sites for hydroxylation is 1. The van der Waals surface area contributed by atoms with Crippen molar-refractivity contribution in [1.29, 1.82) is 0 Å². The minimum absolute atomic E-state index is 0.0459. The van der Waals surface area contributed by atoms with E-state index in [9.17, 15) is 4.79 Å². The van der Waals surface area contributed by atoms with E-state index in [1.807, 2.05) is 6.92 Å². The molecule has 1 aromatic heterocycles. The Kier molecular flexibility index (Phi) is 5.63. The second-order valence-corrected chi connectivity index (χ2v) is 6.85. The van der Waals surface area contributed by atoms with Crippen LogP contribution in [-0.4, -0.2) is 21.9 Å². The number of rotatable bonds is 5. The highest BCUT2D eigenvalue weighted by Crippen LogP contribution is 2.25. The van der Waals surface area contributed by atoms with Crippen LogP contribution in [0.2, 0.25) is 10.0 Å². The predicted molar refractivity (Wildman–Crippen MR) is 97.3 cm³/mol. The summed E-state index contributed by atoms with van der Waals surface area (Å²) in [4.78, 5) is 12.0. The zero-order chi connectivity index (χ0) is 17.8. The van der Waals surface area contributed by atoms with E-state index in [2.05, 4.69) is 10.2 Å². The summed E-state index contributed by atoms with van der Waals surface area (Å²) in [5.41, 5.74) is 1.54. The van der Waals surface area contributed by atoms with Crippen LogP contribution in [0.1, 0.15) is 5.56 Å². The SMILES string of the molecule is Cc1cc(Cl)ccc1OC(=O)CSc1nnc(-c2ccc(Cl)cc2)o1. The fourth-order valence-electron chi connectivity index (χ4n) is 1.98. The summed E-state index contributed by atoms with van der Waals surface area (Å²) in [5, 5.41) is 9.37. The van der Waals surface area contributed by atoms with Crippen LogP contribution in [0.3, 0.4) is 0 Å². The van der Waals surface area contributed by atoms with Gasteiger partial charge in [-0.05, 0) is 55.0 Å². The Morgan fingerprint density at radius 2 is 1.84 bits per heavy atom. The van der Waals surface area contributed by atoms with Crippen LogP contribution in [-0.2, 0) is 4.79 Å². The zero-order valence-electron chi connectivity index (χ0n) is 13.0. The summed E-state index contributed by atoms with van der Waals surface area (Å²) in [5.74, 6) is 0.467. The molecule has 0 spiro atoms. The molecule has 0 saturated carbocycles. The highest BCUT2D eigenvalue weighted by Gasteiger charge is 2.13. The molecule has 3 aromatic rings. The van der Waals surface area contributed by atoms with E-state index >= 15 is 0 Å². The first kappa shape index (κ1) is 17.8. The maximum atomic E-state index is 12.0. The molecule has 0 aliphatic carbocycles. The van der Waals surface area contributed by atoms with Crippen LogP contribution < -0.4 is 4.74 Å². The smallest absolute Gasteiger partial charge is 0.321 e. The van der Waals surface area contributed by atoms with Crippen molar-refractivity contribution in [2.75, 3.05) is 5.75 Å². The maximum Gasteiger partial charge on any atom is 0.321 e. The van der Waals surface area contributed by atoms with E-state index in [1.165, 1.54) is 0 Å². The Labute approximate surface area is 158 Å². The molecule has 5 nitrogen and oxygen atoms in total. The number of aromatic nitrogens is 2. The quantitative estimate of drug-likeness (QED) is 0.342. The molecule has 0 N–H and O–H groups in total. The van der Waals surface area contributed by atoms with E-state index in [0.29, 0.717) is 21.7 Å². The molecule has 8 heteroatoms. The Morgan fingerprint density at radius 1 is 1.12 bits per heavy atom. The third-order valence-electron chi connectivity index (χ3n) is 3.17. The van der Waals surface area contributed by atoms with Gasteiger partial charge in [-0.15, -0.1) is 10.2 Å². The lowest BCUT2D eigenvalue weighted by atomic mass is 10.2. The minimum atomic E-state index is -0.415. The van der Waals surface area contributed by atoms with Crippen LogP contribution in [0.15, 0.2) is 52.1 Å². The van der Waals surface area contributed by atoms with Crippen LogP contribution in [0.25, 0.3) is 11.5 Å². The first-order chi connectivity index (χ1) is 12.0. The number of hydrogen-bond donors (Lipinski definition) is 0. The number of carbonyl (C=O) groups is 1. The molecule has 0 aliphatic heterocycles. The van der Waals surface area contributed by atoms with Gasteiger partial charge in [0.2, 0.25) is 5.89 Å². The highest BCUT2D eigenvalue weighted by molar-refractivity contribution is 7.99. The van der Waals surface area contributed by atoms with Crippen LogP contribution >= 0.6 is 35.0 Å². The lowest BCUT2D eigenvalue weighted by Crippen LogP contribution is -2.11. The molecular weight excluding hydrogens is 383 g/mol. The van der Waals surface area contributed by atoms with Gasteiger partial charge in [0.25, 0.3) is 5.22 Å². The molecule has 0 fully saturated rings. The number of benzene rings is 2. The number of ether oxygens (including phenoxy) is 1. The molecular formula is C17H12Cl2N2O3S. The van der Waals surface area contributed by atoms with Crippen molar-refractivity contribution in [3.63, 3.8) is 0 Å². The molecule has 0 saturated heterocycles. The van der Waals surface area contributed by atoms with Crippen molar-refractivity contribution in [2.45, 2.75) is 12.1 Å². The molecule has 0 unspecified atom stereocenters. The fraction of sp³-hybridized carbons (Fsp3) is 0.118. The maximum absolute atomic E-state index is 12.0. The summed E-state index contributed by atoms with van der Waals surface area (Å²) in [6, 6.07) is 12.1. The van der Waals surface area contributed by atoms with Gasteiger partial charge in [0.05, 0.1) is 0 Å². The van der Waals surface area contributed by atoms with E-state index in [0.717, 1.165) is 22.9 Å². The van der Waals surface area contributed by atoms with Gasteiger partial charge in [-0.3, -0.25) is 4.79 Å². The van der Waals surface area contributed by atoms with Crippen molar-refractivity contribution >= 4 is 40.9 Å². The molecule has 3 rings (SSSR count). The summed E-state index contributed by atoms with van der Waals surface area (Å²) < 4.78 is 10.8. The minimum Gasteiger partial charge on any atom is -0.426 e. The van der Waals surface area contributed by atoms with Crippen molar-refractivity contribution < 1.29 is 13.9 Å². The number of nitrogens with zero attached hydrogens (tertiary/aromatic N) is 2. The zero-order valence-corrected chi connectivity index (χ0v) is 15.4. The van der Waals surface area contributed by atoms with Crippen LogP contribution in [0, 0.1) is 6.92 Å². The van der Waals surface area contributed by atoms with E-state index in [-0.39, 0.29) is 11.0 Å². The summed E-state index contributed by atoms with van der Waals surface area (Å²) in [6.07, 6.45) is 0. The van der Waals surface area contributed by atoms with Gasteiger partial charge in [-0.1, -0.05) is 35.0 Å². The number of halogens is 2.